The van der Waals surface area contributed by atoms with Gasteiger partial charge in [0.05, 0.1) is 23.9 Å². The van der Waals surface area contributed by atoms with Crippen LogP contribution in [0, 0.1) is 0 Å². The molecule has 1 aliphatic rings. The predicted molar refractivity (Wildman–Crippen MR) is 119 cm³/mol. The molecule has 4 rings (SSSR count). The second-order valence-corrected chi connectivity index (χ2v) is 9.32. The molecule has 2 aromatic heterocycles. The summed E-state index contributed by atoms with van der Waals surface area (Å²) in [6.07, 6.45) is 2.99. The first-order valence-corrected chi connectivity index (χ1v) is 10.5. The normalized spacial score (nSPS) is 15.1. The van der Waals surface area contributed by atoms with E-state index in [0.717, 1.165) is 0 Å². The number of nitrogens with one attached hydrogen (secondary N) is 1. The van der Waals surface area contributed by atoms with Gasteiger partial charge in [-0.2, -0.15) is 5.10 Å². The van der Waals surface area contributed by atoms with E-state index in [9.17, 15) is 24.2 Å². The van der Waals surface area contributed by atoms with Crippen molar-refractivity contribution in [3.8, 4) is 0 Å². The van der Waals surface area contributed by atoms with Crippen LogP contribution in [0.3, 0.4) is 0 Å². The average Bonchev–Trinajstić information content (AvgIpc) is 3.27. The van der Waals surface area contributed by atoms with Gasteiger partial charge in [-0.25, -0.2) is 13.9 Å². The van der Waals surface area contributed by atoms with Gasteiger partial charge >= 0.3 is 0 Å². The lowest BCUT2D eigenvalue weighted by atomic mass is 9.92. The number of aromatic nitrogens is 3. The first-order valence-electron chi connectivity index (χ1n) is 10.5. The molecule has 9 nitrogen and oxygen atoms in total. The number of carbonyl (C=O) groups excluding carboxylic acids is 2. The third-order valence-electron chi connectivity index (χ3n) is 5.70. The summed E-state index contributed by atoms with van der Waals surface area (Å²) in [5, 5.41) is 27.5. The Balaban J connectivity index is 1.67. The number of aliphatic hydroxyl groups is 2. The van der Waals surface area contributed by atoms with Crippen molar-refractivity contribution in [1.82, 2.24) is 19.5 Å². The zero-order chi connectivity index (χ0) is 24.1. The Bertz CT molecular complexity index is 1240. The first-order chi connectivity index (χ1) is 15.4. The number of amides is 2. The van der Waals surface area contributed by atoms with Gasteiger partial charge in [-0.3, -0.25) is 9.59 Å². The molecule has 33 heavy (non-hydrogen) atoms. The van der Waals surface area contributed by atoms with Crippen LogP contribution in [0.4, 0.5) is 10.1 Å². The van der Waals surface area contributed by atoms with Crippen LogP contribution in [0.2, 0.25) is 0 Å². The molecule has 0 bridgehead atoms. The number of halogens is 1. The van der Waals surface area contributed by atoms with Crippen LogP contribution >= 0.6 is 0 Å². The van der Waals surface area contributed by atoms with Crippen molar-refractivity contribution in [3.05, 3.63) is 59.0 Å². The molecule has 1 atom stereocenters. The smallest absolute Gasteiger partial charge is 0.261 e. The Hall–Kier alpha value is -3.37. The van der Waals surface area contributed by atoms with Crippen LogP contribution in [0.15, 0.2) is 36.8 Å². The number of hydrogen-bond acceptors (Lipinski definition) is 6. The quantitative estimate of drug-likeness (QED) is 0.525. The molecule has 10 heteroatoms. The number of anilines is 1. The molecule has 0 unspecified atom stereocenters. The number of carbonyl (C=O) groups is 2. The van der Waals surface area contributed by atoms with Crippen LogP contribution in [0.1, 0.15) is 59.5 Å². The molecule has 2 amide bonds. The van der Waals surface area contributed by atoms with Gasteiger partial charge in [0.25, 0.3) is 11.8 Å². The fraction of sp³-hybridized carbons (Fsp3) is 0.391. The number of fused-ring (bicyclic) bond motifs is 2. The van der Waals surface area contributed by atoms with Gasteiger partial charge < -0.3 is 20.4 Å². The maximum Gasteiger partial charge on any atom is 0.261 e. The lowest BCUT2D eigenvalue weighted by Gasteiger charge is -2.26. The van der Waals surface area contributed by atoms with E-state index in [1.807, 2.05) is 0 Å². The Morgan fingerprint density at radius 2 is 2.00 bits per heavy atom. The maximum absolute atomic E-state index is 14.4. The molecule has 3 N–H and O–H groups in total. The van der Waals surface area contributed by atoms with E-state index in [0.29, 0.717) is 28.0 Å². The molecule has 1 aromatic carbocycles. The van der Waals surface area contributed by atoms with E-state index in [1.165, 1.54) is 35.5 Å². The molecular formula is C23H26FN5O4. The lowest BCUT2D eigenvalue weighted by molar-refractivity contribution is -0.0159. The molecular weight excluding hydrogens is 429 g/mol. The van der Waals surface area contributed by atoms with Gasteiger partial charge in [0.15, 0.2) is 5.65 Å². The van der Waals surface area contributed by atoms with Gasteiger partial charge in [0.2, 0.25) is 0 Å². The fourth-order valence-corrected chi connectivity index (χ4v) is 3.77. The number of nitrogens with zero attached hydrogens (tertiary/aromatic N) is 4. The lowest BCUT2D eigenvalue weighted by Crippen LogP contribution is -2.42. The van der Waals surface area contributed by atoms with E-state index in [2.05, 4.69) is 15.4 Å². The van der Waals surface area contributed by atoms with E-state index in [4.69, 9.17) is 0 Å². The number of hydrogen-bond donors (Lipinski definition) is 3. The zero-order valence-electron chi connectivity index (χ0n) is 18.8. The fourth-order valence-electron chi connectivity index (χ4n) is 3.77. The summed E-state index contributed by atoms with van der Waals surface area (Å²) in [7, 11) is 0. The van der Waals surface area contributed by atoms with Crippen LogP contribution < -0.4 is 5.32 Å². The van der Waals surface area contributed by atoms with Crippen molar-refractivity contribution in [3.63, 3.8) is 0 Å². The van der Waals surface area contributed by atoms with E-state index >= 15 is 0 Å². The highest BCUT2D eigenvalue weighted by atomic mass is 19.1. The van der Waals surface area contributed by atoms with Crippen LogP contribution in [0.5, 0.6) is 0 Å². The van der Waals surface area contributed by atoms with Crippen molar-refractivity contribution in [2.75, 3.05) is 11.9 Å². The Morgan fingerprint density at radius 3 is 2.67 bits per heavy atom. The summed E-state index contributed by atoms with van der Waals surface area (Å²) in [6, 6.07) is 4.84. The molecule has 0 saturated heterocycles. The van der Waals surface area contributed by atoms with Gasteiger partial charge in [0.1, 0.15) is 11.7 Å². The summed E-state index contributed by atoms with van der Waals surface area (Å²) in [6.45, 7) is 5.64. The SMILES string of the molecule is CC(C)(O)c1cc2c(cc1NC(=O)c1cnn3cccnc13)CN(C[C@@H](F)C(C)(C)O)C2=O. The van der Waals surface area contributed by atoms with Gasteiger partial charge in [-0.05, 0) is 51.5 Å². The maximum atomic E-state index is 14.4. The summed E-state index contributed by atoms with van der Waals surface area (Å²) in [4.78, 5) is 31.4. The minimum absolute atomic E-state index is 0.123. The first kappa shape index (κ1) is 22.8. The second-order valence-electron chi connectivity index (χ2n) is 9.32. The van der Waals surface area contributed by atoms with E-state index < -0.39 is 29.2 Å². The summed E-state index contributed by atoms with van der Waals surface area (Å²) in [5.74, 6) is -0.867. The summed E-state index contributed by atoms with van der Waals surface area (Å²) >= 11 is 0. The molecule has 0 aliphatic carbocycles. The molecule has 1 aliphatic heterocycles. The molecule has 174 valence electrons. The van der Waals surface area contributed by atoms with Gasteiger partial charge in [-0.15, -0.1) is 0 Å². The monoisotopic (exact) mass is 455 g/mol. The average molecular weight is 455 g/mol. The molecule has 0 radical (unpaired) electrons. The Kier molecular flexibility index (Phi) is 5.45. The van der Waals surface area contributed by atoms with Crippen molar-refractivity contribution in [2.45, 2.75) is 51.6 Å². The van der Waals surface area contributed by atoms with E-state index in [1.54, 1.807) is 38.4 Å². The molecule has 3 heterocycles. The molecule has 3 aromatic rings. The predicted octanol–water partition coefficient (Wildman–Crippen LogP) is 2.27. The minimum Gasteiger partial charge on any atom is -0.387 e. The van der Waals surface area contributed by atoms with Crippen LogP contribution in [0.25, 0.3) is 5.65 Å². The highest BCUT2D eigenvalue weighted by molar-refractivity contribution is 6.09. The molecule has 0 fully saturated rings. The molecule has 0 saturated carbocycles. The third kappa shape index (κ3) is 4.31. The minimum atomic E-state index is -1.63. The summed E-state index contributed by atoms with van der Waals surface area (Å²) in [5.41, 5.74) is -0.752. The summed E-state index contributed by atoms with van der Waals surface area (Å²) < 4.78 is 15.9. The van der Waals surface area contributed by atoms with Crippen molar-refractivity contribution in [1.29, 1.82) is 0 Å². The van der Waals surface area contributed by atoms with Crippen LogP contribution in [-0.2, 0) is 12.1 Å². The van der Waals surface area contributed by atoms with Crippen molar-refractivity contribution in [2.24, 2.45) is 0 Å². The number of alkyl halides is 1. The molecule has 0 spiro atoms. The van der Waals surface area contributed by atoms with Crippen LogP contribution in [-0.4, -0.2) is 59.8 Å². The van der Waals surface area contributed by atoms with Gasteiger partial charge in [-0.1, -0.05) is 0 Å². The standard InChI is InChI=1S/C23H26FN5O4/c1-22(2,32)16-9-14-13(11-28(21(14)31)12-18(24)23(3,4)33)8-17(16)27-20(30)15-10-26-29-7-5-6-25-19(15)29/h5-10,18,32-33H,11-12H2,1-4H3,(H,27,30)/t18-/m1/s1. The number of benzene rings is 1. The van der Waals surface area contributed by atoms with E-state index in [-0.39, 0.29) is 18.7 Å². The second kappa shape index (κ2) is 7.89. The Labute approximate surface area is 189 Å². The third-order valence-corrected chi connectivity index (χ3v) is 5.70. The zero-order valence-corrected chi connectivity index (χ0v) is 18.8. The Morgan fingerprint density at radius 1 is 1.27 bits per heavy atom. The number of rotatable bonds is 6. The highest BCUT2D eigenvalue weighted by Crippen LogP contribution is 2.35. The largest absolute Gasteiger partial charge is 0.387 e. The van der Waals surface area contributed by atoms with Gasteiger partial charge in [0, 0.05) is 35.8 Å². The highest BCUT2D eigenvalue weighted by Gasteiger charge is 2.36. The van der Waals surface area contributed by atoms with Crippen molar-refractivity contribution >= 4 is 23.1 Å². The van der Waals surface area contributed by atoms with Crippen molar-refractivity contribution < 1.29 is 24.2 Å². The topological polar surface area (TPSA) is 120 Å².